The van der Waals surface area contributed by atoms with Gasteiger partial charge in [-0.2, -0.15) is 0 Å². The van der Waals surface area contributed by atoms with E-state index >= 15 is 0 Å². The summed E-state index contributed by atoms with van der Waals surface area (Å²) in [7, 11) is 0. The first-order chi connectivity index (χ1) is 10.3. The van der Waals surface area contributed by atoms with Gasteiger partial charge < -0.3 is 9.73 Å². The van der Waals surface area contributed by atoms with Gasteiger partial charge in [0, 0.05) is 11.6 Å². The minimum Gasteiger partial charge on any atom is -0.467 e. The van der Waals surface area contributed by atoms with Gasteiger partial charge in [-0.15, -0.1) is 0 Å². The molecule has 0 fully saturated rings. The molecule has 0 radical (unpaired) electrons. The highest BCUT2D eigenvalue weighted by Gasteiger charge is 2.06. The maximum absolute atomic E-state index is 5.32. The Labute approximate surface area is 127 Å². The van der Waals surface area contributed by atoms with Crippen LogP contribution in [0.25, 0.3) is 11.3 Å². The summed E-state index contributed by atoms with van der Waals surface area (Å²) in [5, 5.41) is 4.02. The van der Waals surface area contributed by atoms with Gasteiger partial charge in [0.2, 0.25) is 0 Å². The van der Waals surface area contributed by atoms with E-state index in [-0.39, 0.29) is 0 Å². The lowest BCUT2D eigenvalue weighted by molar-refractivity contribution is 0.517. The lowest BCUT2D eigenvalue weighted by Gasteiger charge is -2.08. The Morgan fingerprint density at radius 1 is 1.10 bits per heavy atom. The Kier molecular flexibility index (Phi) is 4.21. The molecule has 106 valence electrons. The van der Waals surface area contributed by atoms with E-state index < -0.39 is 0 Å². The number of hydrogen-bond donors (Lipinski definition) is 1. The van der Waals surface area contributed by atoms with Crippen molar-refractivity contribution in [3.05, 3.63) is 60.6 Å². The van der Waals surface area contributed by atoms with Gasteiger partial charge in [-0.25, -0.2) is 9.97 Å². The van der Waals surface area contributed by atoms with Crippen LogP contribution in [0.3, 0.4) is 0 Å². The topological polar surface area (TPSA) is 51.0 Å². The average Bonchev–Trinajstić information content (AvgIpc) is 3.07. The van der Waals surface area contributed by atoms with Gasteiger partial charge >= 0.3 is 0 Å². The van der Waals surface area contributed by atoms with E-state index in [1.165, 1.54) is 11.8 Å². The summed E-state index contributed by atoms with van der Waals surface area (Å²) in [6.45, 7) is 0.603. The molecule has 3 aromatic rings. The zero-order chi connectivity index (χ0) is 14.5. The molecule has 0 saturated heterocycles. The van der Waals surface area contributed by atoms with Crippen LogP contribution in [0.4, 0.5) is 5.82 Å². The molecule has 2 aromatic heterocycles. The molecule has 5 heteroatoms. The van der Waals surface area contributed by atoms with Crippen LogP contribution in [0.2, 0.25) is 0 Å². The average molecular weight is 297 g/mol. The molecule has 0 aliphatic heterocycles. The van der Waals surface area contributed by atoms with Crippen LogP contribution in [0.5, 0.6) is 0 Å². The standard InChI is InChI=1S/C16H15N3OS/c1-21-16-18-14(12-6-3-2-4-7-12)10-15(19-16)17-11-13-8-5-9-20-13/h2-10H,11H2,1H3,(H,17,18,19). The van der Waals surface area contributed by atoms with E-state index in [4.69, 9.17) is 4.42 Å². The first-order valence-electron chi connectivity index (χ1n) is 6.60. The molecule has 4 nitrogen and oxygen atoms in total. The van der Waals surface area contributed by atoms with Crippen molar-refractivity contribution in [3.63, 3.8) is 0 Å². The molecule has 0 aliphatic carbocycles. The molecule has 1 aromatic carbocycles. The summed E-state index contributed by atoms with van der Waals surface area (Å²) in [4.78, 5) is 9.03. The third-order valence-electron chi connectivity index (χ3n) is 2.98. The number of hydrogen-bond acceptors (Lipinski definition) is 5. The first-order valence-corrected chi connectivity index (χ1v) is 7.82. The quantitative estimate of drug-likeness (QED) is 0.568. The highest BCUT2D eigenvalue weighted by Crippen LogP contribution is 2.23. The predicted octanol–water partition coefficient (Wildman–Crippen LogP) is 4.07. The van der Waals surface area contributed by atoms with Gasteiger partial charge in [-0.3, -0.25) is 0 Å². The molecular formula is C16H15N3OS. The largest absolute Gasteiger partial charge is 0.467 e. The van der Waals surface area contributed by atoms with Gasteiger partial charge in [-0.1, -0.05) is 42.1 Å². The zero-order valence-corrected chi connectivity index (χ0v) is 12.4. The van der Waals surface area contributed by atoms with Crippen molar-refractivity contribution in [1.29, 1.82) is 0 Å². The van der Waals surface area contributed by atoms with E-state index in [0.717, 1.165) is 28.0 Å². The van der Waals surface area contributed by atoms with Crippen molar-refractivity contribution in [2.24, 2.45) is 0 Å². The summed E-state index contributed by atoms with van der Waals surface area (Å²) in [6, 6.07) is 15.9. The summed E-state index contributed by atoms with van der Waals surface area (Å²) >= 11 is 1.53. The van der Waals surface area contributed by atoms with Gasteiger partial charge in [0.15, 0.2) is 5.16 Å². The normalized spacial score (nSPS) is 10.5. The molecular weight excluding hydrogens is 282 g/mol. The van der Waals surface area contributed by atoms with Crippen LogP contribution in [-0.4, -0.2) is 16.2 Å². The fraction of sp³-hybridized carbons (Fsp3) is 0.125. The Balaban J connectivity index is 1.86. The second kappa shape index (κ2) is 6.45. The van der Waals surface area contributed by atoms with Crippen LogP contribution in [0, 0.1) is 0 Å². The van der Waals surface area contributed by atoms with Crippen LogP contribution in [0.15, 0.2) is 64.4 Å². The van der Waals surface area contributed by atoms with E-state index in [1.807, 2.05) is 54.8 Å². The monoisotopic (exact) mass is 297 g/mol. The van der Waals surface area contributed by atoms with Gasteiger partial charge in [0.25, 0.3) is 0 Å². The van der Waals surface area contributed by atoms with E-state index in [9.17, 15) is 0 Å². The molecule has 2 heterocycles. The second-order valence-electron chi connectivity index (χ2n) is 4.42. The number of anilines is 1. The Hall–Kier alpha value is -2.27. The molecule has 0 amide bonds. The van der Waals surface area contributed by atoms with Crippen molar-refractivity contribution < 1.29 is 4.42 Å². The van der Waals surface area contributed by atoms with Crippen molar-refractivity contribution in [2.45, 2.75) is 11.7 Å². The minimum atomic E-state index is 0.603. The van der Waals surface area contributed by atoms with E-state index in [0.29, 0.717) is 6.54 Å². The Morgan fingerprint density at radius 3 is 2.67 bits per heavy atom. The second-order valence-corrected chi connectivity index (χ2v) is 5.20. The molecule has 0 atom stereocenters. The molecule has 0 spiro atoms. The van der Waals surface area contributed by atoms with Crippen molar-refractivity contribution in [1.82, 2.24) is 9.97 Å². The Morgan fingerprint density at radius 2 is 1.95 bits per heavy atom. The van der Waals surface area contributed by atoms with Gasteiger partial charge in [0.1, 0.15) is 11.6 Å². The van der Waals surface area contributed by atoms with Crippen LogP contribution in [-0.2, 0) is 6.54 Å². The van der Waals surface area contributed by atoms with E-state index in [2.05, 4.69) is 15.3 Å². The fourth-order valence-corrected chi connectivity index (χ4v) is 2.33. The number of furan rings is 1. The van der Waals surface area contributed by atoms with Crippen LogP contribution >= 0.6 is 11.8 Å². The number of nitrogens with zero attached hydrogens (tertiary/aromatic N) is 2. The lowest BCUT2D eigenvalue weighted by atomic mass is 10.1. The minimum absolute atomic E-state index is 0.603. The third-order valence-corrected chi connectivity index (χ3v) is 3.53. The maximum Gasteiger partial charge on any atom is 0.189 e. The molecule has 0 aliphatic rings. The summed E-state index contributed by atoms with van der Waals surface area (Å²) in [5.41, 5.74) is 1.99. The van der Waals surface area contributed by atoms with Gasteiger partial charge in [0.05, 0.1) is 18.5 Å². The Bertz CT molecular complexity index is 699. The SMILES string of the molecule is CSc1nc(NCc2ccco2)cc(-c2ccccc2)n1. The fourth-order valence-electron chi connectivity index (χ4n) is 1.95. The first kappa shape index (κ1) is 13.7. The molecule has 0 bridgehead atoms. The van der Waals surface area contributed by atoms with E-state index in [1.54, 1.807) is 6.26 Å². The van der Waals surface area contributed by atoms with Crippen LogP contribution in [0.1, 0.15) is 5.76 Å². The predicted molar refractivity (Wildman–Crippen MR) is 85.3 cm³/mol. The molecule has 0 unspecified atom stereocenters. The smallest absolute Gasteiger partial charge is 0.189 e. The molecule has 0 saturated carbocycles. The number of aromatic nitrogens is 2. The van der Waals surface area contributed by atoms with Gasteiger partial charge in [-0.05, 0) is 18.4 Å². The number of benzene rings is 1. The lowest BCUT2D eigenvalue weighted by Crippen LogP contribution is -2.02. The third kappa shape index (κ3) is 3.44. The highest BCUT2D eigenvalue weighted by molar-refractivity contribution is 7.98. The zero-order valence-electron chi connectivity index (χ0n) is 11.6. The maximum atomic E-state index is 5.32. The number of rotatable bonds is 5. The van der Waals surface area contributed by atoms with Crippen LogP contribution < -0.4 is 5.32 Å². The van der Waals surface area contributed by atoms with Crippen molar-refractivity contribution in [2.75, 3.05) is 11.6 Å². The number of nitrogens with one attached hydrogen (secondary N) is 1. The number of thioether (sulfide) groups is 1. The summed E-state index contributed by atoms with van der Waals surface area (Å²) in [5.74, 6) is 1.67. The molecule has 1 N–H and O–H groups in total. The molecule has 3 rings (SSSR count). The van der Waals surface area contributed by atoms with Crippen molar-refractivity contribution in [3.8, 4) is 11.3 Å². The highest BCUT2D eigenvalue weighted by atomic mass is 32.2. The summed E-state index contributed by atoms with van der Waals surface area (Å²) in [6.07, 6.45) is 3.64. The van der Waals surface area contributed by atoms with Crippen molar-refractivity contribution >= 4 is 17.6 Å². The molecule has 21 heavy (non-hydrogen) atoms. The summed E-state index contributed by atoms with van der Waals surface area (Å²) < 4.78 is 5.32.